The highest BCUT2D eigenvalue weighted by Gasteiger charge is 2.46. The van der Waals surface area contributed by atoms with E-state index in [9.17, 15) is 9.59 Å². The fourth-order valence-electron chi connectivity index (χ4n) is 3.47. The Balaban J connectivity index is 0.00000182. The molecule has 0 bridgehead atoms. The van der Waals surface area contributed by atoms with E-state index in [0.717, 1.165) is 16.8 Å². The molecule has 0 aromatic heterocycles. The zero-order valence-electron chi connectivity index (χ0n) is 13.6. The van der Waals surface area contributed by atoms with Gasteiger partial charge in [0.15, 0.2) is 5.78 Å². The molecule has 2 aromatic carbocycles. The van der Waals surface area contributed by atoms with Crippen molar-refractivity contribution in [2.45, 2.75) is 18.6 Å². The number of hydrogen-bond donors (Lipinski definition) is 1. The summed E-state index contributed by atoms with van der Waals surface area (Å²) in [5.74, 6) is -0.0102. The van der Waals surface area contributed by atoms with Crippen LogP contribution >= 0.6 is 13.5 Å². The van der Waals surface area contributed by atoms with Crippen molar-refractivity contribution < 1.29 is 14.3 Å². The van der Waals surface area contributed by atoms with Crippen molar-refractivity contribution in [2.24, 2.45) is 0 Å². The lowest BCUT2D eigenvalue weighted by molar-refractivity contribution is -0.120. The van der Waals surface area contributed by atoms with Crippen LogP contribution in [0.25, 0.3) is 11.1 Å². The number of rotatable bonds is 2. The lowest BCUT2D eigenvalue weighted by Crippen LogP contribution is -2.44. The summed E-state index contributed by atoms with van der Waals surface area (Å²) in [7, 11) is 0. The summed E-state index contributed by atoms with van der Waals surface area (Å²) in [4.78, 5) is 26.3. The summed E-state index contributed by atoms with van der Waals surface area (Å²) < 4.78 is 5.44. The molecule has 0 radical (unpaired) electrons. The summed E-state index contributed by atoms with van der Waals surface area (Å²) in [6, 6.07) is 16.9. The van der Waals surface area contributed by atoms with Gasteiger partial charge in [-0.3, -0.25) is 4.79 Å². The van der Waals surface area contributed by atoms with Crippen molar-refractivity contribution in [3.63, 3.8) is 0 Å². The molecule has 0 aliphatic carbocycles. The van der Waals surface area contributed by atoms with Crippen molar-refractivity contribution in [3.05, 3.63) is 54.6 Å². The zero-order valence-corrected chi connectivity index (χ0v) is 14.6. The van der Waals surface area contributed by atoms with Gasteiger partial charge in [0.25, 0.3) is 0 Å². The third-order valence-corrected chi connectivity index (χ3v) is 4.63. The van der Waals surface area contributed by atoms with E-state index in [1.165, 1.54) is 0 Å². The SMILES string of the molecule is O=C1CO[C@@H]2CCN(C(=O)Nc3ccccc3-c3ccccc3)[C@H]12.S. The topological polar surface area (TPSA) is 58.6 Å². The first-order valence-corrected chi connectivity index (χ1v) is 8.10. The van der Waals surface area contributed by atoms with E-state index >= 15 is 0 Å². The lowest BCUT2D eigenvalue weighted by Gasteiger charge is -2.23. The van der Waals surface area contributed by atoms with E-state index < -0.39 is 6.04 Å². The molecule has 130 valence electrons. The predicted octanol–water partition coefficient (Wildman–Crippen LogP) is 3.04. The Morgan fingerprint density at radius 2 is 1.80 bits per heavy atom. The minimum Gasteiger partial charge on any atom is -0.368 e. The number of nitrogens with zero attached hydrogens (tertiary/aromatic N) is 1. The van der Waals surface area contributed by atoms with Gasteiger partial charge in [-0.1, -0.05) is 48.5 Å². The molecule has 4 rings (SSSR count). The zero-order chi connectivity index (χ0) is 16.5. The van der Waals surface area contributed by atoms with E-state index in [1.54, 1.807) is 4.90 Å². The molecule has 0 spiro atoms. The number of anilines is 1. The van der Waals surface area contributed by atoms with E-state index in [-0.39, 0.29) is 38.0 Å². The molecule has 2 atom stereocenters. The monoisotopic (exact) mass is 356 g/mol. The van der Waals surface area contributed by atoms with Gasteiger partial charge in [0.2, 0.25) is 0 Å². The Kier molecular flexibility index (Phi) is 5.11. The highest BCUT2D eigenvalue weighted by Crippen LogP contribution is 2.30. The average molecular weight is 356 g/mol. The number of Topliss-reactive ketones (excluding diaryl/α,β-unsaturated/α-hetero) is 1. The number of benzene rings is 2. The number of nitrogens with one attached hydrogen (secondary N) is 1. The second-order valence-electron chi connectivity index (χ2n) is 6.08. The highest BCUT2D eigenvalue weighted by atomic mass is 32.1. The van der Waals surface area contributed by atoms with Crippen LogP contribution in [-0.2, 0) is 9.53 Å². The van der Waals surface area contributed by atoms with Gasteiger partial charge in [-0.25, -0.2) is 4.79 Å². The Morgan fingerprint density at radius 3 is 2.60 bits per heavy atom. The molecule has 2 fully saturated rings. The number of ketones is 1. The van der Waals surface area contributed by atoms with Crippen LogP contribution in [0.15, 0.2) is 54.6 Å². The number of hydrogen-bond acceptors (Lipinski definition) is 3. The van der Waals surface area contributed by atoms with Crippen molar-refractivity contribution in [3.8, 4) is 11.1 Å². The third-order valence-electron chi connectivity index (χ3n) is 4.63. The second-order valence-corrected chi connectivity index (χ2v) is 6.08. The summed E-state index contributed by atoms with van der Waals surface area (Å²) in [5, 5.41) is 2.96. The quantitative estimate of drug-likeness (QED) is 0.900. The predicted molar refractivity (Wildman–Crippen MR) is 101 cm³/mol. The molecule has 2 aromatic rings. The number of fused-ring (bicyclic) bond motifs is 1. The first-order chi connectivity index (χ1) is 11.7. The average Bonchev–Trinajstić information content (AvgIpc) is 3.19. The van der Waals surface area contributed by atoms with E-state index in [2.05, 4.69) is 5.32 Å². The number of carbonyl (C=O) groups is 2. The summed E-state index contributed by atoms with van der Waals surface area (Å²) >= 11 is 0. The molecule has 0 unspecified atom stereocenters. The normalized spacial score (nSPS) is 21.6. The maximum absolute atomic E-state index is 12.7. The van der Waals surface area contributed by atoms with Crippen molar-refractivity contribution in [1.29, 1.82) is 0 Å². The fourth-order valence-corrected chi connectivity index (χ4v) is 3.47. The molecule has 2 aliphatic rings. The van der Waals surface area contributed by atoms with Crippen LogP contribution < -0.4 is 5.32 Å². The Bertz CT molecular complexity index is 781. The first-order valence-electron chi connectivity index (χ1n) is 8.10. The molecule has 25 heavy (non-hydrogen) atoms. The summed E-state index contributed by atoms with van der Waals surface area (Å²) in [6.07, 6.45) is 0.567. The molecule has 2 amide bonds. The van der Waals surface area contributed by atoms with E-state index in [1.807, 2.05) is 54.6 Å². The molecule has 0 saturated carbocycles. The Morgan fingerprint density at radius 1 is 1.08 bits per heavy atom. The standard InChI is InChI=1S/C19H18N2O3.H2S/c22-16-12-24-17-10-11-21(18(16)17)19(23)20-15-9-5-4-8-14(15)13-6-2-1-3-7-13;/h1-9,17-18H,10-12H2,(H,20,23);1H2/t17-,18-;/m1./s1. The van der Waals surface area contributed by atoms with E-state index in [0.29, 0.717) is 13.0 Å². The number of urea groups is 1. The molecular formula is C19H20N2O3S. The smallest absolute Gasteiger partial charge is 0.322 e. The number of amides is 2. The van der Waals surface area contributed by atoms with E-state index in [4.69, 9.17) is 4.74 Å². The van der Waals surface area contributed by atoms with Crippen LogP contribution in [0.2, 0.25) is 0 Å². The van der Waals surface area contributed by atoms with Crippen molar-refractivity contribution in [2.75, 3.05) is 18.5 Å². The van der Waals surface area contributed by atoms with Gasteiger partial charge < -0.3 is 15.0 Å². The van der Waals surface area contributed by atoms with Crippen LogP contribution in [0.4, 0.5) is 10.5 Å². The van der Waals surface area contributed by atoms with Gasteiger partial charge in [0.1, 0.15) is 12.6 Å². The molecule has 2 saturated heterocycles. The number of likely N-dealkylation sites (tertiary alicyclic amines) is 1. The third kappa shape index (κ3) is 3.27. The molecule has 2 heterocycles. The maximum Gasteiger partial charge on any atom is 0.322 e. The largest absolute Gasteiger partial charge is 0.368 e. The summed E-state index contributed by atoms with van der Waals surface area (Å²) in [5.41, 5.74) is 2.73. The fraction of sp³-hybridized carbons (Fsp3) is 0.263. The van der Waals surface area contributed by atoms with Crippen LogP contribution in [0.3, 0.4) is 0 Å². The van der Waals surface area contributed by atoms with Crippen LogP contribution in [-0.4, -0.2) is 42.0 Å². The molecule has 6 heteroatoms. The minimum absolute atomic E-state index is 0. The molecular weight excluding hydrogens is 336 g/mol. The van der Waals surface area contributed by atoms with Gasteiger partial charge in [0, 0.05) is 12.1 Å². The molecule has 5 nitrogen and oxygen atoms in total. The highest BCUT2D eigenvalue weighted by molar-refractivity contribution is 7.59. The number of ether oxygens (including phenoxy) is 1. The van der Waals surface area contributed by atoms with Crippen molar-refractivity contribution in [1.82, 2.24) is 4.90 Å². The minimum atomic E-state index is -0.436. The maximum atomic E-state index is 12.7. The Labute approximate surface area is 153 Å². The number of carbonyl (C=O) groups excluding carboxylic acids is 2. The molecule has 2 aliphatic heterocycles. The van der Waals surface area contributed by atoms with Gasteiger partial charge in [0.05, 0.1) is 11.8 Å². The van der Waals surface area contributed by atoms with Crippen LogP contribution in [0.5, 0.6) is 0 Å². The van der Waals surface area contributed by atoms with Crippen LogP contribution in [0, 0.1) is 0 Å². The first kappa shape index (κ1) is 17.5. The van der Waals surface area contributed by atoms with Gasteiger partial charge in [-0.2, -0.15) is 13.5 Å². The number of para-hydroxylation sites is 1. The van der Waals surface area contributed by atoms with Gasteiger partial charge in [-0.05, 0) is 18.1 Å². The Hall–Kier alpha value is -2.31. The second kappa shape index (κ2) is 7.29. The van der Waals surface area contributed by atoms with Gasteiger partial charge >= 0.3 is 6.03 Å². The van der Waals surface area contributed by atoms with Gasteiger partial charge in [-0.15, -0.1) is 0 Å². The lowest BCUT2D eigenvalue weighted by atomic mass is 10.0. The van der Waals surface area contributed by atoms with Crippen molar-refractivity contribution >= 4 is 31.0 Å². The summed E-state index contributed by atoms with van der Waals surface area (Å²) in [6.45, 7) is 0.653. The molecule has 1 N–H and O–H groups in total. The van der Waals surface area contributed by atoms with Crippen LogP contribution in [0.1, 0.15) is 6.42 Å².